The van der Waals surface area contributed by atoms with E-state index in [9.17, 15) is 9.18 Å². The number of halogens is 1. The van der Waals surface area contributed by atoms with Gasteiger partial charge in [0.2, 0.25) is 0 Å². The van der Waals surface area contributed by atoms with E-state index in [1.807, 2.05) is 25.1 Å². The molecule has 0 spiro atoms. The molecule has 140 valence electrons. The molecule has 5 heteroatoms. The second kappa shape index (κ2) is 8.70. The molecule has 0 aliphatic carbocycles. The van der Waals surface area contributed by atoms with E-state index in [-0.39, 0.29) is 18.3 Å². The zero-order chi connectivity index (χ0) is 19.3. The SMILES string of the molecule is COc1ccc(CN(C)C(=O)COc2ccc(C(C)C)c(C)c2)cc1F. The topological polar surface area (TPSA) is 38.8 Å². The van der Waals surface area contributed by atoms with Gasteiger partial charge in [-0.25, -0.2) is 4.39 Å². The van der Waals surface area contributed by atoms with E-state index < -0.39 is 5.82 Å². The van der Waals surface area contributed by atoms with E-state index in [1.54, 1.807) is 19.2 Å². The first-order valence-electron chi connectivity index (χ1n) is 8.61. The molecule has 0 aliphatic rings. The first-order valence-corrected chi connectivity index (χ1v) is 8.61. The Kier molecular flexibility index (Phi) is 6.61. The van der Waals surface area contributed by atoms with Crippen LogP contribution >= 0.6 is 0 Å². The summed E-state index contributed by atoms with van der Waals surface area (Å²) in [5.74, 6) is 0.687. The molecular weight excluding hydrogens is 333 g/mol. The Bertz CT molecular complexity index is 774. The van der Waals surface area contributed by atoms with Gasteiger partial charge in [-0.2, -0.15) is 0 Å². The van der Waals surface area contributed by atoms with Crippen molar-refractivity contribution < 1.29 is 18.7 Å². The predicted octanol–water partition coefficient (Wildman–Crippen LogP) is 4.30. The number of nitrogens with zero attached hydrogens (tertiary/aromatic N) is 1. The molecule has 2 rings (SSSR count). The molecule has 0 bridgehead atoms. The largest absolute Gasteiger partial charge is 0.494 e. The number of hydrogen-bond donors (Lipinski definition) is 0. The molecule has 0 heterocycles. The van der Waals surface area contributed by atoms with Crippen LogP contribution in [0.2, 0.25) is 0 Å². The summed E-state index contributed by atoms with van der Waals surface area (Å²) < 4.78 is 24.3. The highest BCUT2D eigenvalue weighted by Crippen LogP contribution is 2.23. The van der Waals surface area contributed by atoms with Crippen molar-refractivity contribution >= 4 is 5.91 Å². The van der Waals surface area contributed by atoms with Crippen LogP contribution in [-0.4, -0.2) is 31.6 Å². The number of hydrogen-bond acceptors (Lipinski definition) is 3. The van der Waals surface area contributed by atoms with Crippen molar-refractivity contribution in [3.8, 4) is 11.5 Å². The van der Waals surface area contributed by atoms with Crippen LogP contribution in [0.4, 0.5) is 4.39 Å². The molecule has 26 heavy (non-hydrogen) atoms. The summed E-state index contributed by atoms with van der Waals surface area (Å²) in [7, 11) is 3.08. The van der Waals surface area contributed by atoms with Crippen LogP contribution < -0.4 is 9.47 Å². The van der Waals surface area contributed by atoms with E-state index in [0.717, 1.165) is 5.56 Å². The average molecular weight is 359 g/mol. The third-order valence-electron chi connectivity index (χ3n) is 4.29. The maximum Gasteiger partial charge on any atom is 0.260 e. The van der Waals surface area contributed by atoms with Crippen LogP contribution in [0.25, 0.3) is 0 Å². The van der Waals surface area contributed by atoms with Crippen LogP contribution in [-0.2, 0) is 11.3 Å². The summed E-state index contributed by atoms with van der Waals surface area (Å²) in [6.45, 7) is 6.56. The summed E-state index contributed by atoms with van der Waals surface area (Å²) >= 11 is 0. The molecule has 0 fully saturated rings. The van der Waals surface area contributed by atoms with Gasteiger partial charge in [0, 0.05) is 13.6 Å². The molecule has 2 aromatic carbocycles. The van der Waals surface area contributed by atoms with E-state index in [0.29, 0.717) is 23.8 Å². The summed E-state index contributed by atoms with van der Waals surface area (Å²) in [6, 6.07) is 10.5. The number of ether oxygens (including phenoxy) is 2. The standard InChI is InChI=1S/C21H26FNO3/c1-14(2)18-8-7-17(10-15(18)3)26-13-21(24)23(4)12-16-6-9-20(25-5)19(22)11-16/h6-11,14H,12-13H2,1-5H3. The second-order valence-corrected chi connectivity index (χ2v) is 6.68. The molecule has 0 saturated heterocycles. The zero-order valence-electron chi connectivity index (χ0n) is 16.0. The van der Waals surface area contributed by atoms with Crippen molar-refractivity contribution in [3.05, 3.63) is 58.9 Å². The maximum absolute atomic E-state index is 13.7. The average Bonchev–Trinajstić information content (AvgIpc) is 2.59. The zero-order valence-corrected chi connectivity index (χ0v) is 16.0. The van der Waals surface area contributed by atoms with Gasteiger partial charge < -0.3 is 14.4 Å². The third kappa shape index (κ3) is 4.97. The van der Waals surface area contributed by atoms with E-state index in [4.69, 9.17) is 9.47 Å². The molecular formula is C21H26FNO3. The van der Waals surface area contributed by atoms with Crippen LogP contribution in [0.15, 0.2) is 36.4 Å². The quantitative estimate of drug-likeness (QED) is 0.740. The number of benzene rings is 2. The van der Waals surface area contributed by atoms with E-state index in [1.165, 1.54) is 23.6 Å². The van der Waals surface area contributed by atoms with E-state index >= 15 is 0 Å². The van der Waals surface area contributed by atoms with Gasteiger partial charge in [0.15, 0.2) is 18.2 Å². The molecule has 0 aliphatic heterocycles. The fraction of sp³-hybridized carbons (Fsp3) is 0.381. The Morgan fingerprint density at radius 3 is 2.50 bits per heavy atom. The highest BCUT2D eigenvalue weighted by Gasteiger charge is 2.12. The molecule has 0 saturated carbocycles. The van der Waals surface area contributed by atoms with Crippen LogP contribution in [0.1, 0.15) is 36.5 Å². The van der Waals surface area contributed by atoms with Crippen molar-refractivity contribution in [2.45, 2.75) is 33.2 Å². The molecule has 0 radical (unpaired) electrons. The van der Waals surface area contributed by atoms with Crippen LogP contribution in [0.3, 0.4) is 0 Å². The van der Waals surface area contributed by atoms with Gasteiger partial charge in [-0.1, -0.05) is 26.0 Å². The Labute approximate surface area is 154 Å². The predicted molar refractivity (Wildman–Crippen MR) is 100 cm³/mol. The summed E-state index contributed by atoms with van der Waals surface area (Å²) in [6.07, 6.45) is 0. The van der Waals surface area contributed by atoms with Gasteiger partial charge in [-0.15, -0.1) is 0 Å². The molecule has 4 nitrogen and oxygen atoms in total. The van der Waals surface area contributed by atoms with Crippen molar-refractivity contribution in [1.82, 2.24) is 4.90 Å². The highest BCUT2D eigenvalue weighted by molar-refractivity contribution is 5.77. The molecule has 0 aromatic heterocycles. The maximum atomic E-state index is 13.7. The van der Waals surface area contributed by atoms with Crippen molar-refractivity contribution in [2.75, 3.05) is 20.8 Å². The number of carbonyl (C=O) groups is 1. The minimum atomic E-state index is -0.442. The lowest BCUT2D eigenvalue weighted by Crippen LogP contribution is -2.31. The first-order chi connectivity index (χ1) is 12.3. The Hall–Kier alpha value is -2.56. The minimum Gasteiger partial charge on any atom is -0.494 e. The normalized spacial score (nSPS) is 10.7. The first kappa shape index (κ1) is 19.8. The second-order valence-electron chi connectivity index (χ2n) is 6.68. The number of aryl methyl sites for hydroxylation is 1. The minimum absolute atomic E-state index is 0.0599. The monoisotopic (exact) mass is 359 g/mol. The number of amides is 1. The van der Waals surface area contributed by atoms with Gasteiger partial charge in [0.1, 0.15) is 5.75 Å². The molecule has 0 N–H and O–H groups in total. The molecule has 0 atom stereocenters. The van der Waals surface area contributed by atoms with Crippen molar-refractivity contribution in [3.63, 3.8) is 0 Å². The van der Waals surface area contributed by atoms with E-state index in [2.05, 4.69) is 13.8 Å². The number of carbonyl (C=O) groups excluding carboxylic acids is 1. The Balaban J connectivity index is 1.93. The van der Waals surface area contributed by atoms with Crippen molar-refractivity contribution in [1.29, 1.82) is 0 Å². The molecule has 0 unspecified atom stereocenters. The van der Waals surface area contributed by atoms with Crippen LogP contribution in [0, 0.1) is 12.7 Å². The molecule has 1 amide bonds. The molecule has 2 aromatic rings. The lowest BCUT2D eigenvalue weighted by Gasteiger charge is -2.18. The lowest BCUT2D eigenvalue weighted by molar-refractivity contribution is -0.132. The Morgan fingerprint density at radius 1 is 1.19 bits per heavy atom. The highest BCUT2D eigenvalue weighted by atomic mass is 19.1. The summed E-state index contributed by atoms with van der Waals surface area (Å²) in [4.78, 5) is 13.8. The summed E-state index contributed by atoms with van der Waals surface area (Å²) in [5.41, 5.74) is 3.10. The number of rotatable bonds is 7. The van der Waals surface area contributed by atoms with Gasteiger partial charge in [0.05, 0.1) is 7.11 Å². The third-order valence-corrected chi connectivity index (χ3v) is 4.29. The summed E-state index contributed by atoms with van der Waals surface area (Å²) in [5, 5.41) is 0. The number of methoxy groups -OCH3 is 1. The van der Waals surface area contributed by atoms with Crippen molar-refractivity contribution in [2.24, 2.45) is 0 Å². The lowest BCUT2D eigenvalue weighted by atomic mass is 9.98. The van der Waals surface area contributed by atoms with Gasteiger partial charge in [-0.3, -0.25) is 4.79 Å². The van der Waals surface area contributed by atoms with Gasteiger partial charge in [-0.05, 0) is 53.8 Å². The van der Waals surface area contributed by atoms with Gasteiger partial charge >= 0.3 is 0 Å². The van der Waals surface area contributed by atoms with Crippen LogP contribution in [0.5, 0.6) is 11.5 Å². The number of likely N-dealkylation sites (N-methyl/N-ethyl adjacent to an activating group) is 1. The van der Waals surface area contributed by atoms with Gasteiger partial charge in [0.25, 0.3) is 5.91 Å². The Morgan fingerprint density at radius 2 is 1.92 bits per heavy atom. The fourth-order valence-electron chi connectivity index (χ4n) is 2.81. The fourth-order valence-corrected chi connectivity index (χ4v) is 2.81. The smallest absolute Gasteiger partial charge is 0.260 e.